The van der Waals surface area contributed by atoms with Crippen LogP contribution in [0.3, 0.4) is 0 Å². The van der Waals surface area contributed by atoms with Crippen LogP contribution >= 0.6 is 0 Å². The second kappa shape index (κ2) is 5.21. The van der Waals surface area contributed by atoms with Crippen LogP contribution in [0.2, 0.25) is 0 Å². The van der Waals surface area contributed by atoms with Crippen molar-refractivity contribution in [3.63, 3.8) is 0 Å². The van der Waals surface area contributed by atoms with Crippen molar-refractivity contribution in [2.24, 2.45) is 0 Å². The van der Waals surface area contributed by atoms with E-state index in [1.807, 2.05) is 12.1 Å². The Kier molecular flexibility index (Phi) is 3.19. The van der Waals surface area contributed by atoms with Gasteiger partial charge in [-0.25, -0.2) is 8.78 Å². The molecule has 0 bridgehead atoms. The summed E-state index contributed by atoms with van der Waals surface area (Å²) in [5, 5.41) is 4.31. The molecule has 2 heterocycles. The summed E-state index contributed by atoms with van der Waals surface area (Å²) in [5.41, 5.74) is 3.99. The highest BCUT2D eigenvalue weighted by atomic mass is 19.1. The van der Waals surface area contributed by atoms with E-state index in [0.29, 0.717) is 5.56 Å². The Labute approximate surface area is 127 Å². The average Bonchev–Trinajstić information content (AvgIpc) is 2.70. The Balaban J connectivity index is 2.04. The number of nitrogens with one attached hydrogen (secondary N) is 2. The van der Waals surface area contributed by atoms with Crippen molar-refractivity contribution in [3.05, 3.63) is 59.3 Å². The smallest absolute Gasteiger partial charge is 0.133 e. The molecule has 0 fully saturated rings. The third-order valence-electron chi connectivity index (χ3n) is 4.35. The Morgan fingerprint density at radius 1 is 0.864 bits per heavy atom. The largest absolute Gasteiger partial charge is 0.358 e. The fraction of sp³-hybridized carbons (Fsp3) is 0.222. The van der Waals surface area contributed by atoms with Crippen LogP contribution in [0.4, 0.5) is 8.78 Å². The van der Waals surface area contributed by atoms with E-state index in [-0.39, 0.29) is 5.56 Å². The lowest BCUT2D eigenvalue weighted by molar-refractivity contribution is 0.590. The Morgan fingerprint density at radius 3 is 2.41 bits per heavy atom. The summed E-state index contributed by atoms with van der Waals surface area (Å²) in [4.78, 5) is 3.42. The van der Waals surface area contributed by atoms with E-state index in [2.05, 4.69) is 10.3 Å². The Hall–Kier alpha value is -2.20. The molecule has 3 aromatic rings. The van der Waals surface area contributed by atoms with Crippen LogP contribution in [-0.2, 0) is 12.8 Å². The molecule has 0 aliphatic carbocycles. The number of H-pyrrole nitrogens is 1. The van der Waals surface area contributed by atoms with Crippen molar-refractivity contribution in [3.8, 4) is 11.1 Å². The van der Waals surface area contributed by atoms with Gasteiger partial charge < -0.3 is 10.3 Å². The summed E-state index contributed by atoms with van der Waals surface area (Å²) in [6.07, 6.45) is 1.77. The zero-order chi connectivity index (χ0) is 15.1. The van der Waals surface area contributed by atoms with Crippen LogP contribution in [0.15, 0.2) is 36.4 Å². The van der Waals surface area contributed by atoms with Gasteiger partial charge in [-0.3, -0.25) is 0 Å². The number of halogens is 2. The van der Waals surface area contributed by atoms with Gasteiger partial charge in [0.1, 0.15) is 11.6 Å². The zero-order valence-corrected chi connectivity index (χ0v) is 12.0. The van der Waals surface area contributed by atoms with Gasteiger partial charge in [0.2, 0.25) is 0 Å². The molecule has 112 valence electrons. The fourth-order valence-corrected chi connectivity index (χ4v) is 3.38. The first-order chi connectivity index (χ1) is 10.8. The van der Waals surface area contributed by atoms with Gasteiger partial charge >= 0.3 is 0 Å². The van der Waals surface area contributed by atoms with E-state index in [0.717, 1.165) is 36.8 Å². The molecule has 0 saturated heterocycles. The van der Waals surface area contributed by atoms with Gasteiger partial charge in [0.25, 0.3) is 0 Å². The van der Waals surface area contributed by atoms with Crippen LogP contribution in [0.25, 0.3) is 22.0 Å². The molecule has 1 aliphatic heterocycles. The summed E-state index contributed by atoms with van der Waals surface area (Å²) in [7, 11) is 0. The molecule has 0 amide bonds. The molecule has 1 aliphatic rings. The van der Waals surface area contributed by atoms with Gasteiger partial charge in [-0.2, -0.15) is 0 Å². The quantitative estimate of drug-likeness (QED) is 0.702. The minimum absolute atomic E-state index is 0.0621. The highest BCUT2D eigenvalue weighted by molar-refractivity contribution is 5.98. The molecule has 4 heteroatoms. The van der Waals surface area contributed by atoms with Crippen LogP contribution in [0.5, 0.6) is 0 Å². The van der Waals surface area contributed by atoms with Gasteiger partial charge in [-0.15, -0.1) is 0 Å². The van der Waals surface area contributed by atoms with Gasteiger partial charge in [0, 0.05) is 29.6 Å². The van der Waals surface area contributed by atoms with Gasteiger partial charge in [0.15, 0.2) is 0 Å². The minimum Gasteiger partial charge on any atom is -0.358 e. The lowest BCUT2D eigenvalue weighted by atomic mass is 9.96. The molecule has 0 saturated carbocycles. The number of aromatic nitrogens is 1. The SMILES string of the molecule is Fc1cccc(F)c1-c1cccc2[nH]c3c(c12)CCNCC3. The van der Waals surface area contributed by atoms with Crippen LogP contribution in [-0.4, -0.2) is 18.1 Å². The molecule has 2 nitrogen and oxygen atoms in total. The molecule has 0 atom stereocenters. The Bertz CT molecular complexity index is 831. The maximum atomic E-state index is 14.2. The first kappa shape index (κ1) is 13.5. The minimum atomic E-state index is -0.519. The fourth-order valence-electron chi connectivity index (χ4n) is 3.38. The Morgan fingerprint density at radius 2 is 1.59 bits per heavy atom. The topological polar surface area (TPSA) is 27.8 Å². The summed E-state index contributed by atoms with van der Waals surface area (Å²) in [5.74, 6) is -1.04. The number of fused-ring (bicyclic) bond motifs is 3. The molecule has 22 heavy (non-hydrogen) atoms. The highest BCUT2D eigenvalue weighted by Gasteiger charge is 2.20. The number of benzene rings is 2. The number of rotatable bonds is 1. The first-order valence-electron chi connectivity index (χ1n) is 7.53. The van der Waals surface area contributed by atoms with E-state index >= 15 is 0 Å². The van der Waals surface area contributed by atoms with E-state index in [4.69, 9.17) is 0 Å². The normalized spacial score (nSPS) is 14.8. The predicted molar refractivity (Wildman–Crippen MR) is 83.9 cm³/mol. The van der Waals surface area contributed by atoms with E-state index in [1.54, 1.807) is 6.07 Å². The van der Waals surface area contributed by atoms with Gasteiger partial charge in [0.05, 0.1) is 5.56 Å². The standard InChI is InChI=1S/C18H16F2N2/c19-13-4-2-5-14(20)18(13)12-3-1-6-16-17(12)11-7-9-21-10-8-15(11)22-16/h1-6,21-22H,7-10H2. The molecule has 2 N–H and O–H groups in total. The molecule has 4 rings (SSSR count). The van der Waals surface area contributed by atoms with Crippen LogP contribution in [0, 0.1) is 11.6 Å². The molecule has 1 aromatic heterocycles. The van der Waals surface area contributed by atoms with Gasteiger partial charge in [-0.1, -0.05) is 18.2 Å². The molecule has 0 radical (unpaired) electrons. The molecular weight excluding hydrogens is 282 g/mol. The molecule has 2 aromatic carbocycles. The maximum absolute atomic E-state index is 14.2. The second-order valence-corrected chi connectivity index (χ2v) is 5.66. The third-order valence-corrected chi connectivity index (χ3v) is 4.35. The summed E-state index contributed by atoms with van der Waals surface area (Å²) in [6, 6.07) is 9.64. The monoisotopic (exact) mass is 298 g/mol. The molecular formula is C18H16F2N2. The second-order valence-electron chi connectivity index (χ2n) is 5.66. The molecule has 0 spiro atoms. The van der Waals surface area contributed by atoms with Gasteiger partial charge in [-0.05, 0) is 42.3 Å². The van der Waals surface area contributed by atoms with Crippen molar-refractivity contribution in [1.29, 1.82) is 0 Å². The third kappa shape index (κ3) is 2.03. The van der Waals surface area contributed by atoms with E-state index < -0.39 is 11.6 Å². The summed E-state index contributed by atoms with van der Waals surface area (Å²) >= 11 is 0. The van der Waals surface area contributed by atoms with Crippen molar-refractivity contribution in [2.75, 3.05) is 13.1 Å². The first-order valence-corrected chi connectivity index (χ1v) is 7.53. The highest BCUT2D eigenvalue weighted by Crippen LogP contribution is 2.36. The van der Waals surface area contributed by atoms with E-state index in [1.165, 1.54) is 29.5 Å². The van der Waals surface area contributed by atoms with Crippen molar-refractivity contribution in [2.45, 2.75) is 12.8 Å². The zero-order valence-electron chi connectivity index (χ0n) is 12.0. The summed E-state index contributed by atoms with van der Waals surface area (Å²) < 4.78 is 28.4. The van der Waals surface area contributed by atoms with Crippen molar-refractivity contribution in [1.82, 2.24) is 10.3 Å². The number of hydrogen-bond acceptors (Lipinski definition) is 1. The lowest BCUT2D eigenvalue weighted by Crippen LogP contribution is -2.16. The van der Waals surface area contributed by atoms with Crippen LogP contribution < -0.4 is 5.32 Å². The lowest BCUT2D eigenvalue weighted by Gasteiger charge is -2.09. The van der Waals surface area contributed by atoms with E-state index in [9.17, 15) is 8.78 Å². The van der Waals surface area contributed by atoms with Crippen molar-refractivity contribution < 1.29 is 8.78 Å². The number of hydrogen-bond donors (Lipinski definition) is 2. The number of aromatic amines is 1. The van der Waals surface area contributed by atoms with Crippen LogP contribution in [0.1, 0.15) is 11.3 Å². The average molecular weight is 298 g/mol. The van der Waals surface area contributed by atoms with Crippen molar-refractivity contribution >= 4 is 10.9 Å². The summed E-state index contributed by atoms with van der Waals surface area (Å²) in [6.45, 7) is 1.80. The molecule has 0 unspecified atom stereocenters. The predicted octanol–water partition coefficient (Wildman–Crippen LogP) is 3.80. The maximum Gasteiger partial charge on any atom is 0.133 e.